The number of benzene rings is 1. The summed E-state index contributed by atoms with van der Waals surface area (Å²) in [7, 11) is 1.95. The number of hydrogen-bond donors (Lipinski definition) is 1. The Morgan fingerprint density at radius 2 is 2.05 bits per heavy atom. The monoisotopic (exact) mass is 260 g/mol. The Bertz CT molecular complexity index is 468. The molecule has 0 radical (unpaired) electrons. The summed E-state index contributed by atoms with van der Waals surface area (Å²) in [5, 5.41) is 3.21. The number of nitrogens with zero attached hydrogens (tertiary/aromatic N) is 1. The molecule has 1 heterocycles. The molecule has 0 bridgehead atoms. The molecule has 104 valence electrons. The van der Waals surface area contributed by atoms with Gasteiger partial charge in [0.05, 0.1) is 0 Å². The Morgan fingerprint density at radius 3 is 2.68 bits per heavy atom. The molecule has 1 amide bonds. The van der Waals surface area contributed by atoms with Crippen molar-refractivity contribution in [2.45, 2.75) is 39.2 Å². The van der Waals surface area contributed by atoms with Gasteiger partial charge in [-0.05, 0) is 38.9 Å². The Hall–Kier alpha value is -1.35. The van der Waals surface area contributed by atoms with Gasteiger partial charge in [-0.2, -0.15) is 0 Å². The number of anilines is 1. The van der Waals surface area contributed by atoms with E-state index in [1.807, 2.05) is 24.1 Å². The second kappa shape index (κ2) is 5.33. The van der Waals surface area contributed by atoms with E-state index < -0.39 is 0 Å². The van der Waals surface area contributed by atoms with Crippen molar-refractivity contribution in [1.82, 2.24) is 5.32 Å². The van der Waals surface area contributed by atoms with Gasteiger partial charge in [-0.3, -0.25) is 4.79 Å². The van der Waals surface area contributed by atoms with Crippen LogP contribution in [0.15, 0.2) is 24.3 Å². The van der Waals surface area contributed by atoms with Crippen LogP contribution in [0.1, 0.15) is 32.8 Å². The van der Waals surface area contributed by atoms with E-state index in [0.717, 1.165) is 18.7 Å². The fourth-order valence-corrected chi connectivity index (χ4v) is 3.10. The zero-order chi connectivity index (χ0) is 14.0. The van der Waals surface area contributed by atoms with Gasteiger partial charge in [0.15, 0.2) is 0 Å². The van der Waals surface area contributed by atoms with E-state index in [1.54, 1.807) is 0 Å². The summed E-state index contributed by atoms with van der Waals surface area (Å²) in [6, 6.07) is 8.24. The van der Waals surface area contributed by atoms with Gasteiger partial charge < -0.3 is 10.2 Å². The maximum absolute atomic E-state index is 12.4. The zero-order valence-corrected chi connectivity index (χ0v) is 12.4. The first-order valence-corrected chi connectivity index (χ1v) is 7.08. The molecule has 0 aliphatic carbocycles. The van der Waals surface area contributed by atoms with Crippen LogP contribution in [-0.2, 0) is 11.2 Å². The molecular formula is C16H24N2O. The maximum Gasteiger partial charge on any atom is 0.227 e. The molecule has 1 aliphatic heterocycles. The Labute approximate surface area is 116 Å². The topological polar surface area (TPSA) is 32.3 Å². The number of hydrogen-bond acceptors (Lipinski definition) is 2. The summed E-state index contributed by atoms with van der Waals surface area (Å²) in [6.45, 7) is 7.36. The molecule has 1 atom stereocenters. The largest absolute Gasteiger partial charge is 0.319 e. The number of aryl methyl sites for hydroxylation is 1. The summed E-state index contributed by atoms with van der Waals surface area (Å²) in [6.07, 6.45) is 1.58. The minimum atomic E-state index is -0.134. The number of carbonyl (C=O) groups excluding carboxylic acids is 1. The van der Waals surface area contributed by atoms with Gasteiger partial charge in [0, 0.05) is 30.1 Å². The average molecular weight is 260 g/mol. The lowest BCUT2D eigenvalue weighted by Gasteiger charge is -2.37. The number of carbonyl (C=O) groups is 1. The van der Waals surface area contributed by atoms with E-state index >= 15 is 0 Å². The van der Waals surface area contributed by atoms with Gasteiger partial charge in [-0.1, -0.05) is 25.1 Å². The van der Waals surface area contributed by atoms with Crippen molar-refractivity contribution in [1.29, 1.82) is 0 Å². The summed E-state index contributed by atoms with van der Waals surface area (Å²) in [5.74, 6) is 0.598. The molecule has 1 aliphatic rings. The van der Waals surface area contributed by atoms with E-state index in [9.17, 15) is 4.79 Å². The third-order valence-corrected chi connectivity index (χ3v) is 4.31. The lowest BCUT2D eigenvalue weighted by molar-refractivity contribution is -0.117. The van der Waals surface area contributed by atoms with Crippen LogP contribution in [0.3, 0.4) is 0 Å². The normalized spacial score (nSPS) is 22.0. The van der Waals surface area contributed by atoms with Gasteiger partial charge in [0.25, 0.3) is 0 Å². The molecule has 2 rings (SSSR count). The van der Waals surface area contributed by atoms with Gasteiger partial charge in [0.2, 0.25) is 5.91 Å². The molecule has 1 fully saturated rings. The van der Waals surface area contributed by atoms with Crippen LogP contribution in [0.2, 0.25) is 0 Å². The van der Waals surface area contributed by atoms with Crippen molar-refractivity contribution in [2.75, 3.05) is 18.5 Å². The van der Waals surface area contributed by atoms with Gasteiger partial charge in [0.1, 0.15) is 0 Å². The molecule has 0 saturated carbocycles. The molecule has 19 heavy (non-hydrogen) atoms. The Balaban J connectivity index is 2.41. The van der Waals surface area contributed by atoms with Gasteiger partial charge in [-0.15, -0.1) is 0 Å². The van der Waals surface area contributed by atoms with Crippen molar-refractivity contribution < 1.29 is 4.79 Å². The highest BCUT2D eigenvalue weighted by molar-refractivity contribution is 5.98. The summed E-state index contributed by atoms with van der Waals surface area (Å²) in [5.41, 5.74) is 2.19. The van der Waals surface area contributed by atoms with Crippen molar-refractivity contribution in [3.63, 3.8) is 0 Å². The van der Waals surface area contributed by atoms with Crippen LogP contribution in [0, 0.1) is 5.92 Å². The molecule has 1 unspecified atom stereocenters. The number of rotatable bonds is 4. The summed E-state index contributed by atoms with van der Waals surface area (Å²) < 4.78 is 0. The van der Waals surface area contributed by atoms with Crippen molar-refractivity contribution >= 4 is 11.6 Å². The average Bonchev–Trinajstić information content (AvgIpc) is 2.60. The third-order valence-electron chi connectivity index (χ3n) is 4.31. The smallest absolute Gasteiger partial charge is 0.227 e. The van der Waals surface area contributed by atoms with E-state index in [0.29, 0.717) is 12.3 Å². The second-order valence-corrected chi connectivity index (χ2v) is 5.82. The van der Waals surface area contributed by atoms with Crippen molar-refractivity contribution in [3.05, 3.63) is 29.8 Å². The molecule has 0 spiro atoms. The number of para-hydroxylation sites is 1. The lowest BCUT2D eigenvalue weighted by Crippen LogP contribution is -2.46. The van der Waals surface area contributed by atoms with Crippen LogP contribution >= 0.6 is 0 Å². The minimum absolute atomic E-state index is 0.134. The highest BCUT2D eigenvalue weighted by Crippen LogP contribution is 2.40. The quantitative estimate of drug-likeness (QED) is 0.902. The van der Waals surface area contributed by atoms with Crippen LogP contribution in [0.4, 0.5) is 5.69 Å². The Kier molecular flexibility index (Phi) is 3.95. The second-order valence-electron chi connectivity index (χ2n) is 5.82. The van der Waals surface area contributed by atoms with Crippen molar-refractivity contribution in [2.24, 2.45) is 5.92 Å². The summed E-state index contributed by atoms with van der Waals surface area (Å²) in [4.78, 5) is 14.4. The predicted molar refractivity (Wildman–Crippen MR) is 79.4 cm³/mol. The fourth-order valence-electron chi connectivity index (χ4n) is 3.10. The molecule has 1 aromatic carbocycles. The third kappa shape index (κ3) is 2.39. The summed E-state index contributed by atoms with van der Waals surface area (Å²) >= 11 is 0. The highest BCUT2D eigenvalue weighted by atomic mass is 16.2. The molecule has 1 saturated heterocycles. The molecule has 3 nitrogen and oxygen atoms in total. The first-order chi connectivity index (χ1) is 9.02. The van der Waals surface area contributed by atoms with Gasteiger partial charge in [-0.25, -0.2) is 0 Å². The zero-order valence-electron chi connectivity index (χ0n) is 12.4. The SMILES string of the molecule is CCc1ccccc1N1C(=O)CC(CNC)C1(C)C. The number of amides is 1. The van der Waals surface area contributed by atoms with E-state index in [4.69, 9.17) is 0 Å². The van der Waals surface area contributed by atoms with Gasteiger partial charge >= 0.3 is 0 Å². The standard InChI is InChI=1S/C16H24N2O/c1-5-12-8-6-7-9-14(12)18-15(19)10-13(11-17-4)16(18,2)3/h6-9,13,17H,5,10-11H2,1-4H3. The van der Waals surface area contributed by atoms with Crippen LogP contribution in [-0.4, -0.2) is 25.0 Å². The highest BCUT2D eigenvalue weighted by Gasteiger charge is 2.46. The lowest BCUT2D eigenvalue weighted by atomic mass is 9.88. The molecule has 0 aromatic heterocycles. The first kappa shape index (κ1) is 14.1. The van der Waals surface area contributed by atoms with Crippen LogP contribution < -0.4 is 10.2 Å². The maximum atomic E-state index is 12.4. The Morgan fingerprint density at radius 1 is 1.37 bits per heavy atom. The molecule has 1 aromatic rings. The molecular weight excluding hydrogens is 236 g/mol. The van der Waals surface area contributed by atoms with E-state index in [1.165, 1.54) is 5.56 Å². The minimum Gasteiger partial charge on any atom is -0.319 e. The van der Waals surface area contributed by atoms with E-state index in [-0.39, 0.29) is 11.4 Å². The van der Waals surface area contributed by atoms with Crippen LogP contribution in [0.5, 0.6) is 0 Å². The fraction of sp³-hybridized carbons (Fsp3) is 0.562. The van der Waals surface area contributed by atoms with E-state index in [2.05, 4.69) is 38.2 Å². The first-order valence-electron chi connectivity index (χ1n) is 7.08. The van der Waals surface area contributed by atoms with Crippen LogP contribution in [0.25, 0.3) is 0 Å². The molecule has 3 heteroatoms. The molecule has 1 N–H and O–H groups in total. The predicted octanol–water partition coefficient (Wildman–Crippen LogP) is 2.60. The number of nitrogens with one attached hydrogen (secondary N) is 1. The van der Waals surface area contributed by atoms with Crippen molar-refractivity contribution in [3.8, 4) is 0 Å².